The van der Waals surface area contributed by atoms with Crippen LogP contribution in [-0.2, 0) is 10.7 Å². The van der Waals surface area contributed by atoms with Gasteiger partial charge < -0.3 is 9.88 Å². The summed E-state index contributed by atoms with van der Waals surface area (Å²) in [7, 11) is -0.998. The maximum atomic E-state index is 14.2. The molecule has 0 amide bonds. The van der Waals surface area contributed by atoms with Crippen LogP contribution < -0.4 is 15.9 Å². The average Bonchev–Trinajstić information content (AvgIpc) is 2.69. The Morgan fingerprint density at radius 2 is 1.32 bits per heavy atom. The van der Waals surface area contributed by atoms with Gasteiger partial charge >= 0.3 is 0 Å². The van der Waals surface area contributed by atoms with E-state index < -0.39 is 7.14 Å². The van der Waals surface area contributed by atoms with E-state index in [1.54, 1.807) is 0 Å². The van der Waals surface area contributed by atoms with Crippen LogP contribution in [0.25, 0.3) is 0 Å². The molecule has 0 saturated carbocycles. The quantitative estimate of drug-likeness (QED) is 0.545. The number of hydrogen-bond donors (Lipinski definition) is 1. The Labute approximate surface area is 154 Å². The molecule has 126 valence electrons. The second-order valence-electron chi connectivity index (χ2n) is 5.81. The van der Waals surface area contributed by atoms with Crippen LogP contribution in [0.5, 0.6) is 0 Å². The van der Waals surface area contributed by atoms with Crippen LogP contribution in [-0.4, -0.2) is 12.0 Å². The number of benzene rings is 3. The van der Waals surface area contributed by atoms with E-state index in [-0.39, 0.29) is 0 Å². The third-order valence-corrected chi connectivity index (χ3v) is 7.70. The van der Waals surface area contributed by atoms with Crippen molar-refractivity contribution < 1.29 is 4.57 Å². The van der Waals surface area contributed by atoms with Crippen LogP contribution in [0.1, 0.15) is 11.1 Å². The highest BCUT2D eigenvalue weighted by molar-refractivity contribution is 7.80. The summed E-state index contributed by atoms with van der Waals surface area (Å²) in [6, 6.07) is 27.4. The lowest BCUT2D eigenvalue weighted by molar-refractivity contribution is 0.586. The summed E-state index contributed by atoms with van der Waals surface area (Å²) in [6.07, 6.45) is 0.443. The molecule has 0 atom stereocenters. The van der Waals surface area contributed by atoms with Crippen LogP contribution in [0.2, 0.25) is 0 Å². The first-order valence-corrected chi connectivity index (χ1v) is 10.5. The van der Waals surface area contributed by atoms with E-state index in [0.29, 0.717) is 11.2 Å². The highest BCUT2D eigenvalue weighted by Crippen LogP contribution is 2.47. The lowest BCUT2D eigenvalue weighted by Gasteiger charge is -2.21. The average molecular weight is 365 g/mol. The van der Waals surface area contributed by atoms with Gasteiger partial charge in [0.25, 0.3) is 0 Å². The lowest BCUT2D eigenvalue weighted by atomic mass is 10.1. The molecule has 0 unspecified atom stereocenters. The summed E-state index contributed by atoms with van der Waals surface area (Å²) in [5, 5.41) is 4.76. The zero-order valence-electron chi connectivity index (χ0n) is 14.1. The van der Waals surface area contributed by atoms with Gasteiger partial charge in [0.2, 0.25) is 0 Å². The molecule has 0 aliphatic rings. The molecule has 0 aliphatic carbocycles. The van der Waals surface area contributed by atoms with Crippen molar-refractivity contribution >= 4 is 35.0 Å². The molecule has 0 aromatic heterocycles. The fourth-order valence-electron chi connectivity index (χ4n) is 2.92. The third kappa shape index (κ3) is 3.73. The van der Waals surface area contributed by atoms with Gasteiger partial charge in [0, 0.05) is 29.4 Å². The fraction of sp³-hybridized carbons (Fsp3) is 0.0952. The molecule has 0 fully saturated rings. The van der Waals surface area contributed by atoms with Crippen LogP contribution in [0.4, 0.5) is 0 Å². The molecule has 0 spiro atoms. The molecule has 3 aromatic rings. The Kier molecular flexibility index (Phi) is 5.47. The van der Waals surface area contributed by atoms with Gasteiger partial charge in [-0.2, -0.15) is 0 Å². The first kappa shape index (κ1) is 17.6. The first-order chi connectivity index (χ1) is 12.1. The minimum atomic E-state index is -2.81. The topological polar surface area (TPSA) is 29.1 Å². The molecule has 0 saturated heterocycles. The molecule has 0 radical (unpaired) electrons. The second kappa shape index (κ2) is 7.77. The molecule has 4 heteroatoms. The molecule has 3 rings (SSSR count). The van der Waals surface area contributed by atoms with Crippen molar-refractivity contribution in [3.05, 3.63) is 96.1 Å². The van der Waals surface area contributed by atoms with E-state index in [4.69, 9.17) is 12.2 Å². The standard InChI is InChI=1S/C21H20NOPS/c1-22-21(25)20-15-9-8-10-17(20)16-24(23,18-11-4-2-5-12-18)19-13-6-3-7-14-19/h2-15H,16H2,1H3,(H,22,25). The number of nitrogens with one attached hydrogen (secondary N) is 1. The predicted molar refractivity (Wildman–Crippen MR) is 111 cm³/mol. The van der Waals surface area contributed by atoms with E-state index >= 15 is 0 Å². The minimum Gasteiger partial charge on any atom is -0.379 e. The lowest BCUT2D eigenvalue weighted by Crippen LogP contribution is -2.21. The number of thiocarbonyl (C=S) groups is 1. The summed E-state index contributed by atoms with van der Waals surface area (Å²) >= 11 is 5.43. The van der Waals surface area contributed by atoms with E-state index in [1.165, 1.54) is 0 Å². The summed E-state index contributed by atoms with van der Waals surface area (Å²) in [6.45, 7) is 0. The Balaban J connectivity index is 2.13. The van der Waals surface area contributed by atoms with Crippen molar-refractivity contribution in [2.45, 2.75) is 6.16 Å². The minimum absolute atomic E-state index is 0.443. The Hall–Kier alpha value is -2.22. The van der Waals surface area contributed by atoms with E-state index in [9.17, 15) is 4.57 Å². The summed E-state index contributed by atoms with van der Waals surface area (Å²) in [4.78, 5) is 0.670. The van der Waals surface area contributed by atoms with E-state index in [2.05, 4.69) is 5.32 Å². The van der Waals surface area contributed by atoms with Gasteiger partial charge in [-0.1, -0.05) is 97.1 Å². The molecular weight excluding hydrogens is 345 g/mol. The molecular formula is C21H20NOPS. The van der Waals surface area contributed by atoms with Crippen LogP contribution in [0.15, 0.2) is 84.9 Å². The number of hydrogen-bond acceptors (Lipinski definition) is 2. The van der Waals surface area contributed by atoms with E-state index in [0.717, 1.165) is 21.7 Å². The normalized spacial score (nSPS) is 11.1. The first-order valence-electron chi connectivity index (χ1n) is 8.15. The summed E-state index contributed by atoms with van der Waals surface area (Å²) in [5.74, 6) is 0. The number of rotatable bonds is 5. The predicted octanol–water partition coefficient (Wildman–Crippen LogP) is 4.10. The monoisotopic (exact) mass is 365 g/mol. The fourth-order valence-corrected chi connectivity index (χ4v) is 5.85. The van der Waals surface area contributed by atoms with Crippen molar-refractivity contribution in [1.82, 2.24) is 5.32 Å². The van der Waals surface area contributed by atoms with Crippen molar-refractivity contribution in [3.8, 4) is 0 Å². The smallest absolute Gasteiger partial charge is 0.147 e. The van der Waals surface area contributed by atoms with Crippen LogP contribution in [0.3, 0.4) is 0 Å². The maximum absolute atomic E-state index is 14.2. The molecule has 3 aromatic carbocycles. The van der Waals surface area contributed by atoms with Crippen molar-refractivity contribution in [2.24, 2.45) is 0 Å². The Morgan fingerprint density at radius 1 is 0.840 bits per heavy atom. The SMILES string of the molecule is CNC(=S)c1ccccc1CP(=O)(c1ccccc1)c1ccccc1. The van der Waals surface area contributed by atoms with Gasteiger partial charge in [0.05, 0.1) is 0 Å². The highest BCUT2D eigenvalue weighted by Gasteiger charge is 2.28. The second-order valence-corrected chi connectivity index (χ2v) is 9.04. The molecule has 0 aliphatic heterocycles. The largest absolute Gasteiger partial charge is 0.379 e. The maximum Gasteiger partial charge on any atom is 0.147 e. The highest BCUT2D eigenvalue weighted by atomic mass is 32.1. The summed E-state index contributed by atoms with van der Waals surface area (Å²) in [5.41, 5.74) is 1.94. The Bertz CT molecular complexity index is 866. The molecule has 1 N–H and O–H groups in total. The van der Waals surface area contributed by atoms with Gasteiger partial charge in [-0.3, -0.25) is 0 Å². The van der Waals surface area contributed by atoms with Crippen LogP contribution >= 0.6 is 19.4 Å². The van der Waals surface area contributed by atoms with Crippen molar-refractivity contribution in [3.63, 3.8) is 0 Å². The zero-order chi connectivity index (χ0) is 17.7. The van der Waals surface area contributed by atoms with Gasteiger partial charge in [-0.05, 0) is 5.56 Å². The Morgan fingerprint density at radius 3 is 1.84 bits per heavy atom. The van der Waals surface area contributed by atoms with Gasteiger partial charge in [-0.25, -0.2) is 0 Å². The molecule has 25 heavy (non-hydrogen) atoms. The third-order valence-electron chi connectivity index (χ3n) is 4.23. The van der Waals surface area contributed by atoms with Crippen molar-refractivity contribution in [2.75, 3.05) is 7.05 Å². The summed E-state index contributed by atoms with van der Waals surface area (Å²) < 4.78 is 14.2. The molecule has 0 bridgehead atoms. The van der Waals surface area contributed by atoms with Gasteiger partial charge in [-0.15, -0.1) is 0 Å². The van der Waals surface area contributed by atoms with Crippen molar-refractivity contribution in [1.29, 1.82) is 0 Å². The molecule has 0 heterocycles. The molecule has 2 nitrogen and oxygen atoms in total. The van der Waals surface area contributed by atoms with Gasteiger partial charge in [0.1, 0.15) is 12.1 Å². The van der Waals surface area contributed by atoms with Crippen LogP contribution in [0, 0.1) is 0 Å². The van der Waals surface area contributed by atoms with E-state index in [1.807, 2.05) is 92.0 Å². The van der Waals surface area contributed by atoms with Gasteiger partial charge in [0.15, 0.2) is 0 Å². The zero-order valence-corrected chi connectivity index (χ0v) is 15.8.